The van der Waals surface area contributed by atoms with Crippen LogP contribution in [0.3, 0.4) is 0 Å². The fraction of sp³-hybridized carbons (Fsp3) is 0.308. The Morgan fingerprint density at radius 2 is 1.68 bits per heavy atom. The van der Waals surface area contributed by atoms with Crippen LogP contribution in [0.25, 0.3) is 11.1 Å². The first-order chi connectivity index (χ1) is 18.0. The SMILES string of the molecule is Cc1c(-c2ccc(CC(NC(=O)c3c(Cl)cc(OCCCN)cc3Cl)C(=O)O)cc2)c(=O)n(C)c(=O)n1C. The lowest BCUT2D eigenvalue weighted by atomic mass is 10.00. The second-order valence-electron chi connectivity index (χ2n) is 8.68. The van der Waals surface area contributed by atoms with Crippen molar-refractivity contribution in [1.29, 1.82) is 0 Å². The van der Waals surface area contributed by atoms with Crippen LogP contribution in [0, 0.1) is 6.92 Å². The molecule has 0 aliphatic heterocycles. The van der Waals surface area contributed by atoms with Gasteiger partial charge in [-0.1, -0.05) is 47.5 Å². The number of aliphatic carboxylic acids is 1. The smallest absolute Gasteiger partial charge is 0.330 e. The molecular weight excluding hydrogens is 535 g/mol. The molecule has 0 radical (unpaired) electrons. The molecule has 0 bridgehead atoms. The second-order valence-corrected chi connectivity index (χ2v) is 9.50. The van der Waals surface area contributed by atoms with E-state index in [4.69, 9.17) is 33.7 Å². The Morgan fingerprint density at radius 1 is 1.08 bits per heavy atom. The van der Waals surface area contributed by atoms with Gasteiger partial charge in [0.15, 0.2) is 0 Å². The van der Waals surface area contributed by atoms with Gasteiger partial charge in [-0.25, -0.2) is 9.59 Å². The molecule has 3 aromatic rings. The lowest BCUT2D eigenvalue weighted by Gasteiger charge is -2.17. The fourth-order valence-electron chi connectivity index (χ4n) is 3.88. The maximum absolute atomic E-state index is 12.9. The third-order valence-electron chi connectivity index (χ3n) is 6.10. The number of nitrogens with zero attached hydrogens (tertiary/aromatic N) is 2. The molecule has 0 aliphatic carbocycles. The third kappa shape index (κ3) is 6.27. The summed E-state index contributed by atoms with van der Waals surface area (Å²) in [6.07, 6.45) is 0.584. The van der Waals surface area contributed by atoms with Crippen LogP contribution in [0.5, 0.6) is 5.75 Å². The van der Waals surface area contributed by atoms with Gasteiger partial charge in [0.2, 0.25) is 0 Å². The number of hydrogen-bond acceptors (Lipinski definition) is 6. The van der Waals surface area contributed by atoms with Crippen molar-refractivity contribution in [2.75, 3.05) is 13.2 Å². The normalized spacial score (nSPS) is 11.7. The first kappa shape index (κ1) is 29.0. The average Bonchev–Trinajstić information content (AvgIpc) is 2.86. The number of carbonyl (C=O) groups is 2. The van der Waals surface area contributed by atoms with E-state index in [1.54, 1.807) is 38.2 Å². The highest BCUT2D eigenvalue weighted by Gasteiger charge is 2.25. The van der Waals surface area contributed by atoms with Crippen molar-refractivity contribution in [3.05, 3.63) is 84.1 Å². The van der Waals surface area contributed by atoms with Gasteiger partial charge in [-0.05, 0) is 43.1 Å². The zero-order valence-electron chi connectivity index (χ0n) is 21.1. The summed E-state index contributed by atoms with van der Waals surface area (Å²) in [5, 5.41) is 12.2. The topological polar surface area (TPSA) is 146 Å². The minimum Gasteiger partial charge on any atom is -0.493 e. The molecule has 0 saturated heterocycles. The van der Waals surface area contributed by atoms with E-state index in [-0.39, 0.29) is 22.0 Å². The molecule has 1 heterocycles. The molecule has 38 heavy (non-hydrogen) atoms. The second kappa shape index (κ2) is 12.3. The minimum atomic E-state index is -1.28. The molecule has 1 amide bonds. The van der Waals surface area contributed by atoms with E-state index >= 15 is 0 Å². The van der Waals surface area contributed by atoms with Crippen LogP contribution < -0.4 is 27.0 Å². The van der Waals surface area contributed by atoms with Crippen LogP contribution in [0.15, 0.2) is 46.0 Å². The Kier molecular flexibility index (Phi) is 9.37. The maximum Gasteiger partial charge on any atom is 0.330 e. The summed E-state index contributed by atoms with van der Waals surface area (Å²) >= 11 is 12.5. The molecule has 10 nitrogen and oxygen atoms in total. The molecule has 0 saturated carbocycles. The van der Waals surface area contributed by atoms with E-state index in [2.05, 4.69) is 5.32 Å². The average molecular weight is 563 g/mol. The van der Waals surface area contributed by atoms with Gasteiger partial charge in [0.25, 0.3) is 11.5 Å². The summed E-state index contributed by atoms with van der Waals surface area (Å²) in [4.78, 5) is 49.7. The van der Waals surface area contributed by atoms with E-state index in [1.807, 2.05) is 0 Å². The Morgan fingerprint density at radius 3 is 2.24 bits per heavy atom. The van der Waals surface area contributed by atoms with E-state index in [0.29, 0.717) is 47.7 Å². The number of halogens is 2. The van der Waals surface area contributed by atoms with Gasteiger partial charge in [0, 0.05) is 26.2 Å². The first-order valence-corrected chi connectivity index (χ1v) is 12.4. The van der Waals surface area contributed by atoms with Crippen LogP contribution in [0.4, 0.5) is 0 Å². The molecule has 1 aromatic heterocycles. The van der Waals surface area contributed by atoms with E-state index in [9.17, 15) is 24.3 Å². The van der Waals surface area contributed by atoms with E-state index in [1.165, 1.54) is 23.7 Å². The van der Waals surface area contributed by atoms with Gasteiger partial charge in [-0.15, -0.1) is 0 Å². The van der Waals surface area contributed by atoms with Gasteiger partial charge >= 0.3 is 11.7 Å². The van der Waals surface area contributed by atoms with Crippen molar-refractivity contribution >= 4 is 35.1 Å². The maximum atomic E-state index is 12.9. The number of carboxylic acid groups (broad SMARTS) is 1. The van der Waals surface area contributed by atoms with E-state index in [0.717, 1.165) is 4.57 Å². The Balaban J connectivity index is 1.80. The monoisotopic (exact) mass is 562 g/mol. The van der Waals surface area contributed by atoms with Crippen molar-refractivity contribution in [1.82, 2.24) is 14.5 Å². The Labute approximate surface area is 228 Å². The predicted molar refractivity (Wildman–Crippen MR) is 145 cm³/mol. The highest BCUT2D eigenvalue weighted by Crippen LogP contribution is 2.30. The number of amides is 1. The molecule has 3 rings (SSSR count). The zero-order chi connectivity index (χ0) is 28.1. The summed E-state index contributed by atoms with van der Waals surface area (Å²) in [5.41, 5.74) is 6.56. The Bertz CT molecular complexity index is 1460. The predicted octanol–water partition coefficient (Wildman–Crippen LogP) is 2.52. The van der Waals surface area contributed by atoms with Crippen LogP contribution in [0.1, 0.15) is 28.0 Å². The van der Waals surface area contributed by atoms with Crippen LogP contribution in [-0.2, 0) is 25.3 Å². The van der Waals surface area contributed by atoms with Gasteiger partial charge in [-0.2, -0.15) is 0 Å². The summed E-state index contributed by atoms with van der Waals surface area (Å²) in [7, 11) is 2.99. The molecule has 0 fully saturated rings. The zero-order valence-corrected chi connectivity index (χ0v) is 22.6. The number of nitrogens with two attached hydrogens (primary N) is 1. The largest absolute Gasteiger partial charge is 0.493 e. The molecule has 1 atom stereocenters. The number of benzene rings is 2. The molecule has 12 heteroatoms. The van der Waals surface area contributed by atoms with Crippen LogP contribution in [-0.4, -0.2) is 45.3 Å². The van der Waals surface area contributed by atoms with Crippen LogP contribution >= 0.6 is 23.2 Å². The summed E-state index contributed by atoms with van der Waals surface area (Å²) in [5.74, 6) is -1.63. The Hall–Kier alpha value is -3.60. The van der Waals surface area contributed by atoms with Crippen molar-refractivity contribution in [3.63, 3.8) is 0 Å². The summed E-state index contributed by atoms with van der Waals surface area (Å²) in [6.45, 7) is 2.48. The summed E-state index contributed by atoms with van der Waals surface area (Å²) < 4.78 is 7.92. The molecular formula is C26H28Cl2N4O6. The fourth-order valence-corrected chi connectivity index (χ4v) is 4.51. The lowest BCUT2D eigenvalue weighted by molar-refractivity contribution is -0.139. The van der Waals surface area contributed by atoms with Crippen molar-refractivity contribution in [2.45, 2.75) is 25.8 Å². The third-order valence-corrected chi connectivity index (χ3v) is 6.70. The van der Waals surface area contributed by atoms with E-state index < -0.39 is 29.2 Å². The van der Waals surface area contributed by atoms with Gasteiger partial charge in [0.05, 0.1) is 27.8 Å². The van der Waals surface area contributed by atoms with Crippen molar-refractivity contribution in [3.8, 4) is 16.9 Å². The molecule has 202 valence electrons. The van der Waals surface area contributed by atoms with Crippen LogP contribution in [0.2, 0.25) is 10.0 Å². The molecule has 2 aromatic carbocycles. The number of hydrogen-bond donors (Lipinski definition) is 3. The molecule has 0 spiro atoms. The first-order valence-electron chi connectivity index (χ1n) is 11.7. The summed E-state index contributed by atoms with van der Waals surface area (Å²) in [6, 6.07) is 8.23. The van der Waals surface area contributed by atoms with Crippen molar-refractivity contribution < 1.29 is 19.4 Å². The molecule has 0 aliphatic rings. The minimum absolute atomic E-state index is 0.0143. The number of rotatable bonds is 10. The number of carbonyl (C=O) groups excluding carboxylic acids is 1. The van der Waals surface area contributed by atoms with Gasteiger partial charge in [0.1, 0.15) is 11.8 Å². The number of nitrogens with one attached hydrogen (secondary N) is 1. The standard InChI is InChI=1S/C26H28Cl2N4O6/c1-14-21(24(34)32(3)26(37)31(14)2)16-7-5-15(6-8-16)11-20(25(35)36)30-23(33)22-18(27)12-17(13-19(22)28)38-10-4-9-29/h5-8,12-13,20H,4,9-11,29H2,1-3H3,(H,30,33)(H,35,36). The quantitative estimate of drug-likeness (QED) is 0.322. The number of carboxylic acids is 1. The van der Waals surface area contributed by atoms with Gasteiger partial charge < -0.3 is 25.5 Å². The highest BCUT2D eigenvalue weighted by molar-refractivity contribution is 6.40. The lowest BCUT2D eigenvalue weighted by Crippen LogP contribution is -2.42. The number of aromatic nitrogens is 2. The molecule has 1 unspecified atom stereocenters. The van der Waals surface area contributed by atoms with Crippen molar-refractivity contribution in [2.24, 2.45) is 19.8 Å². The number of ether oxygens (including phenoxy) is 1. The highest BCUT2D eigenvalue weighted by atomic mass is 35.5. The van der Waals surface area contributed by atoms with Gasteiger partial charge in [-0.3, -0.25) is 14.2 Å². The molecule has 4 N–H and O–H groups in total.